The van der Waals surface area contributed by atoms with E-state index in [0.717, 1.165) is 5.69 Å². The third-order valence-corrected chi connectivity index (χ3v) is 3.52. The second-order valence-corrected chi connectivity index (χ2v) is 5.51. The molecule has 3 rings (SSSR count). The van der Waals surface area contributed by atoms with Gasteiger partial charge >= 0.3 is 5.97 Å². The van der Waals surface area contributed by atoms with Crippen molar-refractivity contribution in [2.45, 2.75) is 13.5 Å². The first-order chi connectivity index (χ1) is 11.1. The molecule has 0 unspecified atom stereocenters. The molecule has 0 atom stereocenters. The van der Waals surface area contributed by atoms with Crippen molar-refractivity contribution in [3.63, 3.8) is 0 Å². The van der Waals surface area contributed by atoms with E-state index in [9.17, 15) is 4.79 Å². The van der Waals surface area contributed by atoms with Gasteiger partial charge in [0.05, 0.1) is 17.4 Å². The van der Waals surface area contributed by atoms with Crippen LogP contribution < -0.4 is 0 Å². The van der Waals surface area contributed by atoms with Crippen LogP contribution in [0.1, 0.15) is 21.6 Å². The molecule has 0 saturated heterocycles. The topological polar surface area (TPSA) is 57.0 Å². The van der Waals surface area contributed by atoms with Crippen LogP contribution >= 0.6 is 11.6 Å². The minimum absolute atomic E-state index is 0.0628. The number of hydrogen-bond donors (Lipinski definition) is 0. The van der Waals surface area contributed by atoms with Gasteiger partial charge in [-0.05, 0) is 43.3 Å². The van der Waals surface area contributed by atoms with Crippen molar-refractivity contribution in [1.82, 2.24) is 15.0 Å². The summed E-state index contributed by atoms with van der Waals surface area (Å²) < 4.78 is 6.87. The normalized spacial score (nSPS) is 10.5. The van der Waals surface area contributed by atoms with Crippen LogP contribution in [0.3, 0.4) is 0 Å². The average Bonchev–Trinajstić information content (AvgIpc) is 3.03. The number of aryl methyl sites for hydroxylation is 1. The van der Waals surface area contributed by atoms with Crippen LogP contribution in [0.4, 0.5) is 0 Å². The van der Waals surface area contributed by atoms with Crippen LogP contribution in [0, 0.1) is 6.92 Å². The predicted octanol–water partition coefficient (Wildman–Crippen LogP) is 3.59. The number of rotatable bonds is 4. The van der Waals surface area contributed by atoms with Gasteiger partial charge in [-0.2, -0.15) is 0 Å². The monoisotopic (exact) mass is 327 g/mol. The number of carbonyl (C=O) groups is 1. The first kappa shape index (κ1) is 15.2. The average molecular weight is 328 g/mol. The summed E-state index contributed by atoms with van der Waals surface area (Å²) in [7, 11) is 0. The molecule has 0 N–H and O–H groups in total. The standard InChI is InChI=1S/C17H14ClN3O2/c1-12-2-8-16(9-3-12)21-10-15(19-20-21)11-23-17(22)13-4-6-14(18)7-5-13/h2-10H,11H2,1H3. The van der Waals surface area contributed by atoms with Crippen LogP contribution in [-0.4, -0.2) is 21.0 Å². The molecule has 0 aliphatic rings. The van der Waals surface area contributed by atoms with Crippen LogP contribution in [0.25, 0.3) is 5.69 Å². The third kappa shape index (κ3) is 3.76. The molecule has 0 amide bonds. The zero-order valence-corrected chi connectivity index (χ0v) is 13.2. The summed E-state index contributed by atoms with van der Waals surface area (Å²) in [4.78, 5) is 11.9. The summed E-state index contributed by atoms with van der Waals surface area (Å²) in [6.07, 6.45) is 1.74. The lowest BCUT2D eigenvalue weighted by atomic mass is 10.2. The van der Waals surface area contributed by atoms with E-state index in [-0.39, 0.29) is 6.61 Å². The minimum Gasteiger partial charge on any atom is -0.455 e. The Morgan fingerprint density at radius 1 is 1.13 bits per heavy atom. The van der Waals surface area contributed by atoms with E-state index < -0.39 is 5.97 Å². The molecule has 0 fully saturated rings. The number of ether oxygens (including phenoxy) is 1. The first-order valence-corrected chi connectivity index (χ1v) is 7.40. The van der Waals surface area contributed by atoms with Crippen molar-refractivity contribution in [3.8, 4) is 5.69 Å². The molecular weight excluding hydrogens is 314 g/mol. The van der Waals surface area contributed by atoms with Gasteiger partial charge in [0.15, 0.2) is 0 Å². The lowest BCUT2D eigenvalue weighted by Crippen LogP contribution is -2.05. The van der Waals surface area contributed by atoms with E-state index in [1.54, 1.807) is 35.1 Å². The summed E-state index contributed by atoms with van der Waals surface area (Å²) in [5, 5.41) is 8.62. The largest absolute Gasteiger partial charge is 0.455 e. The van der Waals surface area contributed by atoms with Gasteiger partial charge in [0.1, 0.15) is 12.3 Å². The fourth-order valence-corrected chi connectivity index (χ4v) is 2.12. The van der Waals surface area contributed by atoms with E-state index in [0.29, 0.717) is 16.3 Å². The summed E-state index contributed by atoms with van der Waals surface area (Å²) in [5.41, 5.74) is 3.09. The van der Waals surface area contributed by atoms with Gasteiger partial charge in [-0.15, -0.1) is 5.10 Å². The fraction of sp³-hybridized carbons (Fsp3) is 0.118. The Kier molecular flexibility index (Phi) is 4.39. The Bertz CT molecular complexity index is 811. The number of aromatic nitrogens is 3. The van der Waals surface area contributed by atoms with Crippen LogP contribution in [0.15, 0.2) is 54.7 Å². The number of hydrogen-bond acceptors (Lipinski definition) is 4. The SMILES string of the molecule is Cc1ccc(-n2cc(COC(=O)c3ccc(Cl)cc3)nn2)cc1. The van der Waals surface area contributed by atoms with Gasteiger partial charge in [0.2, 0.25) is 0 Å². The quantitative estimate of drug-likeness (QED) is 0.687. The number of carbonyl (C=O) groups excluding carboxylic acids is 1. The molecule has 0 saturated carbocycles. The van der Waals surface area contributed by atoms with Gasteiger partial charge in [0.25, 0.3) is 0 Å². The van der Waals surface area contributed by atoms with Crippen molar-refractivity contribution in [2.24, 2.45) is 0 Å². The molecule has 1 aromatic heterocycles. The predicted molar refractivity (Wildman–Crippen MR) is 86.7 cm³/mol. The van der Waals surface area contributed by atoms with Gasteiger partial charge in [0, 0.05) is 5.02 Å². The molecular formula is C17H14ClN3O2. The summed E-state index contributed by atoms with van der Waals surface area (Å²) in [5.74, 6) is -0.424. The van der Waals surface area contributed by atoms with Crippen molar-refractivity contribution in [1.29, 1.82) is 0 Å². The Morgan fingerprint density at radius 2 is 1.83 bits per heavy atom. The van der Waals surface area contributed by atoms with Crippen LogP contribution in [-0.2, 0) is 11.3 Å². The van der Waals surface area contributed by atoms with Gasteiger partial charge < -0.3 is 4.74 Å². The molecule has 3 aromatic rings. The molecule has 0 aliphatic carbocycles. The first-order valence-electron chi connectivity index (χ1n) is 7.03. The highest BCUT2D eigenvalue weighted by molar-refractivity contribution is 6.30. The summed E-state index contributed by atoms with van der Waals surface area (Å²) >= 11 is 5.79. The van der Waals surface area contributed by atoms with Crippen molar-refractivity contribution < 1.29 is 9.53 Å². The molecule has 5 nitrogen and oxygen atoms in total. The lowest BCUT2D eigenvalue weighted by molar-refractivity contribution is 0.0467. The van der Waals surface area contributed by atoms with Gasteiger partial charge in [-0.1, -0.05) is 34.5 Å². The van der Waals surface area contributed by atoms with Crippen molar-refractivity contribution in [2.75, 3.05) is 0 Å². The van der Waals surface area contributed by atoms with E-state index >= 15 is 0 Å². The number of esters is 1. The Balaban J connectivity index is 1.64. The summed E-state index contributed by atoms with van der Waals surface area (Å²) in [6, 6.07) is 14.4. The molecule has 1 heterocycles. The van der Waals surface area contributed by atoms with E-state index in [1.807, 2.05) is 31.2 Å². The number of nitrogens with zero attached hydrogens (tertiary/aromatic N) is 3. The number of halogens is 1. The molecule has 0 radical (unpaired) electrons. The summed E-state index contributed by atoms with van der Waals surface area (Å²) in [6.45, 7) is 2.08. The van der Waals surface area contributed by atoms with Crippen molar-refractivity contribution >= 4 is 17.6 Å². The molecule has 6 heteroatoms. The minimum atomic E-state index is -0.424. The highest BCUT2D eigenvalue weighted by atomic mass is 35.5. The maximum Gasteiger partial charge on any atom is 0.338 e. The third-order valence-electron chi connectivity index (χ3n) is 3.27. The zero-order valence-electron chi connectivity index (χ0n) is 12.4. The van der Waals surface area contributed by atoms with Crippen LogP contribution in [0.2, 0.25) is 5.02 Å². The lowest BCUT2D eigenvalue weighted by Gasteiger charge is -2.02. The fourth-order valence-electron chi connectivity index (χ4n) is 2.00. The van der Waals surface area contributed by atoms with Crippen LogP contribution in [0.5, 0.6) is 0 Å². The highest BCUT2D eigenvalue weighted by Gasteiger charge is 2.09. The van der Waals surface area contributed by atoms with Gasteiger partial charge in [-0.3, -0.25) is 0 Å². The molecule has 116 valence electrons. The van der Waals surface area contributed by atoms with E-state index in [4.69, 9.17) is 16.3 Å². The number of benzene rings is 2. The highest BCUT2D eigenvalue weighted by Crippen LogP contribution is 2.12. The molecule has 2 aromatic carbocycles. The Hall–Kier alpha value is -2.66. The molecule has 23 heavy (non-hydrogen) atoms. The molecule has 0 spiro atoms. The van der Waals surface area contributed by atoms with Gasteiger partial charge in [-0.25, -0.2) is 9.48 Å². The Morgan fingerprint density at radius 3 is 2.52 bits per heavy atom. The van der Waals surface area contributed by atoms with Crippen molar-refractivity contribution in [3.05, 3.63) is 76.6 Å². The smallest absolute Gasteiger partial charge is 0.338 e. The van der Waals surface area contributed by atoms with E-state index in [2.05, 4.69) is 10.3 Å². The van der Waals surface area contributed by atoms with E-state index in [1.165, 1.54) is 5.56 Å². The maximum absolute atomic E-state index is 11.9. The maximum atomic E-state index is 11.9. The Labute approximate surface area is 138 Å². The zero-order chi connectivity index (χ0) is 16.2. The second kappa shape index (κ2) is 6.62. The second-order valence-electron chi connectivity index (χ2n) is 5.07. The molecule has 0 aliphatic heterocycles. The molecule has 0 bridgehead atoms.